The summed E-state index contributed by atoms with van der Waals surface area (Å²) in [6.45, 7) is -0.476. The lowest BCUT2D eigenvalue weighted by atomic mass is 10.1. The Bertz CT molecular complexity index is 1270. The van der Waals surface area contributed by atoms with Crippen LogP contribution in [-0.2, 0) is 16.4 Å². The zero-order valence-corrected chi connectivity index (χ0v) is 17.1. The number of sulfone groups is 1. The molecule has 10 nitrogen and oxygen atoms in total. The molecule has 3 aromatic rings. The Morgan fingerprint density at radius 3 is 2.73 bits per heavy atom. The van der Waals surface area contributed by atoms with Gasteiger partial charge in [-0.1, -0.05) is 6.07 Å². The number of fused-ring (bicyclic) bond motifs is 1. The molecule has 2 heterocycles. The van der Waals surface area contributed by atoms with Gasteiger partial charge in [0, 0.05) is 12.5 Å². The molecule has 0 saturated carbocycles. The molecule has 0 aliphatic carbocycles. The molecule has 0 radical (unpaired) electrons. The van der Waals surface area contributed by atoms with Gasteiger partial charge in [0.15, 0.2) is 23.8 Å². The van der Waals surface area contributed by atoms with Crippen LogP contribution in [0.2, 0.25) is 0 Å². The van der Waals surface area contributed by atoms with Crippen molar-refractivity contribution >= 4 is 21.0 Å². The fourth-order valence-corrected chi connectivity index (χ4v) is 4.08. The Balaban J connectivity index is 2.21. The average molecular weight is 432 g/mol. The van der Waals surface area contributed by atoms with E-state index in [4.69, 9.17) is 14.7 Å². The number of aromatic amines is 1. The third kappa shape index (κ3) is 4.45. The number of aromatic nitrogens is 3. The van der Waals surface area contributed by atoms with E-state index in [-0.39, 0.29) is 30.4 Å². The van der Waals surface area contributed by atoms with Gasteiger partial charge in [-0.05, 0) is 29.3 Å². The van der Waals surface area contributed by atoms with Gasteiger partial charge in [-0.2, -0.15) is 5.26 Å². The first-order chi connectivity index (χ1) is 14.3. The van der Waals surface area contributed by atoms with Crippen LogP contribution in [-0.4, -0.2) is 53.8 Å². The number of hydrogen-bond donors (Lipinski definition) is 2. The van der Waals surface area contributed by atoms with E-state index >= 15 is 0 Å². The lowest BCUT2D eigenvalue weighted by Gasteiger charge is -2.20. The minimum Gasteiger partial charge on any atom is -0.493 e. The van der Waals surface area contributed by atoms with Crippen molar-refractivity contribution in [1.82, 2.24) is 14.5 Å². The van der Waals surface area contributed by atoms with Crippen LogP contribution in [0.15, 0.2) is 35.3 Å². The highest BCUT2D eigenvalue weighted by Crippen LogP contribution is 2.32. The highest BCUT2D eigenvalue weighted by Gasteiger charge is 2.25. The molecule has 2 N–H and O–H groups in total. The molecule has 0 amide bonds. The highest BCUT2D eigenvalue weighted by atomic mass is 32.2. The molecular formula is C19H20N4O6S. The van der Waals surface area contributed by atoms with E-state index in [2.05, 4.69) is 9.97 Å². The summed E-state index contributed by atoms with van der Waals surface area (Å²) >= 11 is 0. The quantitative estimate of drug-likeness (QED) is 0.530. The van der Waals surface area contributed by atoms with Crippen molar-refractivity contribution in [1.29, 1.82) is 5.26 Å². The minimum absolute atomic E-state index is 0.227. The number of nitrogens with one attached hydrogen (secondary N) is 1. The fraction of sp³-hybridized carbons (Fsp3) is 0.316. The van der Waals surface area contributed by atoms with Crippen LogP contribution in [0.25, 0.3) is 11.2 Å². The molecule has 0 fully saturated rings. The summed E-state index contributed by atoms with van der Waals surface area (Å²) in [6.07, 6.45) is 2.49. The molecule has 0 aliphatic rings. The predicted molar refractivity (Wildman–Crippen MR) is 108 cm³/mol. The number of aliphatic hydroxyl groups is 1. The molecule has 1 aromatic carbocycles. The summed E-state index contributed by atoms with van der Waals surface area (Å²) in [6, 6.07) is 7.27. The average Bonchev–Trinajstić information content (AvgIpc) is 3.04. The van der Waals surface area contributed by atoms with Crippen LogP contribution in [0.1, 0.15) is 17.2 Å². The Hall–Kier alpha value is -3.36. The minimum atomic E-state index is -3.51. The Labute approximate surface area is 172 Å². The van der Waals surface area contributed by atoms with Crippen molar-refractivity contribution in [3.63, 3.8) is 0 Å². The number of aliphatic hydroxyl groups excluding tert-OH is 1. The first-order valence-electron chi connectivity index (χ1n) is 8.82. The zero-order valence-electron chi connectivity index (χ0n) is 16.3. The van der Waals surface area contributed by atoms with E-state index < -0.39 is 21.6 Å². The number of methoxy groups -OCH3 is 1. The topological polar surface area (TPSA) is 147 Å². The van der Waals surface area contributed by atoms with Gasteiger partial charge in [-0.3, -0.25) is 4.57 Å². The molecule has 3 rings (SSSR count). The summed E-state index contributed by atoms with van der Waals surface area (Å²) < 4.78 is 36.2. The fourth-order valence-electron chi connectivity index (χ4n) is 3.16. The van der Waals surface area contributed by atoms with Crippen molar-refractivity contribution < 1.29 is 23.0 Å². The summed E-state index contributed by atoms with van der Waals surface area (Å²) in [5.41, 5.74) is 1.05. The van der Waals surface area contributed by atoms with Gasteiger partial charge in [0.2, 0.25) is 0 Å². The van der Waals surface area contributed by atoms with Crippen molar-refractivity contribution in [2.75, 3.05) is 25.7 Å². The standard InChI is InChI=1S/C19H20N4O6S/c1-28-16-4-3-13(8-17(16)29-6-5-20)15(11-30(2,26)27)23-18-14(22-19(23)25)7-12(10-24)9-21-18/h3-4,7-9,15,24H,6,10-11H2,1-2H3,(H,22,25)/t15-/m1/s1. The van der Waals surface area contributed by atoms with E-state index in [0.29, 0.717) is 22.4 Å². The van der Waals surface area contributed by atoms with E-state index in [0.717, 1.165) is 6.26 Å². The number of H-pyrrole nitrogens is 1. The molecule has 0 saturated heterocycles. The molecule has 0 bridgehead atoms. The molecular weight excluding hydrogens is 412 g/mol. The zero-order chi connectivity index (χ0) is 21.9. The van der Waals surface area contributed by atoms with Gasteiger partial charge in [-0.25, -0.2) is 18.2 Å². The van der Waals surface area contributed by atoms with Crippen molar-refractivity contribution in [2.24, 2.45) is 0 Å². The molecule has 0 aliphatic heterocycles. The number of nitrogens with zero attached hydrogens (tertiary/aromatic N) is 3. The maximum Gasteiger partial charge on any atom is 0.328 e. The molecule has 30 heavy (non-hydrogen) atoms. The summed E-state index contributed by atoms with van der Waals surface area (Å²) in [4.78, 5) is 19.6. The van der Waals surface area contributed by atoms with Gasteiger partial charge in [-0.15, -0.1) is 0 Å². The van der Waals surface area contributed by atoms with E-state index in [9.17, 15) is 18.3 Å². The molecule has 0 unspecified atom stereocenters. The van der Waals surface area contributed by atoms with Crippen molar-refractivity contribution in [3.8, 4) is 17.6 Å². The number of benzene rings is 1. The molecule has 11 heteroatoms. The van der Waals surface area contributed by atoms with Crippen LogP contribution in [0, 0.1) is 11.3 Å². The van der Waals surface area contributed by atoms with Crippen LogP contribution in [0.3, 0.4) is 0 Å². The number of imidazole rings is 1. The van der Waals surface area contributed by atoms with E-state index in [1.165, 1.54) is 17.9 Å². The SMILES string of the molecule is COc1ccc([C@@H](CS(C)(=O)=O)n2c(=O)[nH]c3cc(CO)cnc32)cc1OCC#N. The third-order valence-corrected chi connectivity index (χ3v) is 5.35. The lowest BCUT2D eigenvalue weighted by molar-refractivity contribution is 0.281. The van der Waals surface area contributed by atoms with Crippen LogP contribution in [0.4, 0.5) is 0 Å². The first kappa shape index (κ1) is 21.4. The monoisotopic (exact) mass is 432 g/mol. The van der Waals surface area contributed by atoms with Crippen LogP contribution < -0.4 is 15.2 Å². The predicted octanol–water partition coefficient (Wildman–Crippen LogP) is 0.762. The normalized spacial score (nSPS) is 12.5. The van der Waals surface area contributed by atoms with E-state index in [1.54, 1.807) is 24.3 Å². The number of ether oxygens (including phenoxy) is 2. The second-order valence-corrected chi connectivity index (χ2v) is 8.82. The third-order valence-electron chi connectivity index (χ3n) is 4.43. The largest absolute Gasteiger partial charge is 0.493 e. The lowest BCUT2D eigenvalue weighted by Crippen LogP contribution is -2.28. The van der Waals surface area contributed by atoms with Gasteiger partial charge >= 0.3 is 5.69 Å². The van der Waals surface area contributed by atoms with Gasteiger partial charge in [0.25, 0.3) is 0 Å². The maximum absolute atomic E-state index is 12.7. The van der Waals surface area contributed by atoms with Crippen molar-refractivity contribution in [2.45, 2.75) is 12.6 Å². The number of hydrogen-bond acceptors (Lipinski definition) is 8. The van der Waals surface area contributed by atoms with Crippen molar-refractivity contribution in [3.05, 3.63) is 52.1 Å². The van der Waals surface area contributed by atoms with Gasteiger partial charge < -0.3 is 19.6 Å². The van der Waals surface area contributed by atoms with Crippen LogP contribution >= 0.6 is 0 Å². The Kier molecular flexibility index (Phi) is 6.09. The second-order valence-electron chi connectivity index (χ2n) is 6.64. The number of rotatable bonds is 8. The summed E-state index contributed by atoms with van der Waals surface area (Å²) in [5.74, 6) is 0.246. The smallest absolute Gasteiger partial charge is 0.328 e. The van der Waals surface area contributed by atoms with Gasteiger partial charge in [0.05, 0.1) is 31.0 Å². The molecule has 2 aromatic heterocycles. The number of pyridine rings is 1. The summed E-state index contributed by atoms with van der Waals surface area (Å²) in [5, 5.41) is 18.1. The Morgan fingerprint density at radius 1 is 1.33 bits per heavy atom. The molecule has 158 valence electrons. The van der Waals surface area contributed by atoms with Crippen LogP contribution in [0.5, 0.6) is 11.5 Å². The number of nitriles is 1. The van der Waals surface area contributed by atoms with E-state index in [1.807, 2.05) is 6.07 Å². The maximum atomic E-state index is 12.7. The molecule has 0 spiro atoms. The summed E-state index contributed by atoms with van der Waals surface area (Å²) in [7, 11) is -2.07. The first-order valence-corrected chi connectivity index (χ1v) is 10.9. The Morgan fingerprint density at radius 2 is 2.10 bits per heavy atom. The molecule has 1 atom stereocenters. The highest BCUT2D eigenvalue weighted by molar-refractivity contribution is 7.90. The van der Waals surface area contributed by atoms with Gasteiger partial charge in [0.1, 0.15) is 15.9 Å². The second kappa shape index (κ2) is 8.56.